The van der Waals surface area contributed by atoms with Gasteiger partial charge in [0.15, 0.2) is 0 Å². The van der Waals surface area contributed by atoms with Crippen molar-refractivity contribution < 1.29 is 4.79 Å². The van der Waals surface area contributed by atoms with Crippen molar-refractivity contribution in [1.82, 2.24) is 10.3 Å². The fraction of sp³-hybridized carbons (Fsp3) is 0.120. The molecular formula is C25H22N2O2. The number of aromatic amines is 1. The van der Waals surface area contributed by atoms with Gasteiger partial charge in [0.05, 0.1) is 0 Å². The summed E-state index contributed by atoms with van der Waals surface area (Å²) in [6.07, 6.45) is 0.479. The number of aryl methyl sites for hydroxylation is 1. The van der Waals surface area contributed by atoms with Crippen molar-refractivity contribution >= 4 is 16.8 Å². The maximum Gasteiger partial charge on any atom is 0.251 e. The van der Waals surface area contributed by atoms with Gasteiger partial charge in [-0.25, -0.2) is 0 Å². The minimum atomic E-state index is -0.141. The number of nitrogens with one attached hydrogen (secondary N) is 2. The molecule has 0 bridgehead atoms. The van der Waals surface area contributed by atoms with Gasteiger partial charge in [-0.2, -0.15) is 0 Å². The van der Waals surface area contributed by atoms with Gasteiger partial charge in [-0.15, -0.1) is 0 Å². The van der Waals surface area contributed by atoms with Crippen molar-refractivity contribution in [1.29, 1.82) is 0 Å². The number of aromatic nitrogens is 1. The van der Waals surface area contributed by atoms with Gasteiger partial charge < -0.3 is 10.3 Å². The van der Waals surface area contributed by atoms with Crippen LogP contribution in [-0.4, -0.2) is 17.4 Å². The lowest BCUT2D eigenvalue weighted by atomic mass is 10.0. The summed E-state index contributed by atoms with van der Waals surface area (Å²) in [6.45, 7) is 2.40. The Bertz CT molecular complexity index is 1210. The molecule has 2 N–H and O–H groups in total. The Labute approximate surface area is 169 Å². The monoisotopic (exact) mass is 382 g/mol. The van der Waals surface area contributed by atoms with Crippen LogP contribution in [0, 0.1) is 6.92 Å². The molecule has 0 radical (unpaired) electrons. The Kier molecular flexibility index (Phi) is 5.25. The molecule has 144 valence electrons. The summed E-state index contributed by atoms with van der Waals surface area (Å²) >= 11 is 0. The fourth-order valence-electron chi connectivity index (χ4n) is 3.40. The van der Waals surface area contributed by atoms with E-state index in [4.69, 9.17) is 0 Å². The lowest BCUT2D eigenvalue weighted by Crippen LogP contribution is -2.27. The maximum absolute atomic E-state index is 12.4. The number of H-pyrrole nitrogens is 1. The molecule has 0 aliphatic rings. The molecule has 4 rings (SSSR count). The number of fused-ring (bicyclic) bond motifs is 1. The zero-order chi connectivity index (χ0) is 20.2. The van der Waals surface area contributed by atoms with E-state index in [9.17, 15) is 9.59 Å². The standard InChI is InChI=1S/C25H22N2O2/c1-17-7-8-21-16-22(25(29)27-23(21)15-17)13-14-26-24(28)20-11-9-19(10-12-20)18-5-3-2-4-6-18/h2-12,15-16H,13-14H2,1H3,(H,26,28)(H,27,29). The van der Waals surface area contributed by atoms with Crippen molar-refractivity contribution in [3.8, 4) is 11.1 Å². The second-order valence-electron chi connectivity index (χ2n) is 7.16. The highest BCUT2D eigenvalue weighted by Crippen LogP contribution is 2.19. The number of hydrogen-bond acceptors (Lipinski definition) is 2. The Balaban J connectivity index is 1.40. The Morgan fingerprint density at radius 3 is 2.38 bits per heavy atom. The SMILES string of the molecule is Cc1ccc2cc(CCNC(=O)c3ccc(-c4ccccc4)cc3)c(=O)[nH]c2c1. The third kappa shape index (κ3) is 4.27. The smallest absolute Gasteiger partial charge is 0.251 e. The number of carbonyl (C=O) groups excluding carboxylic acids is 1. The molecule has 1 heterocycles. The topological polar surface area (TPSA) is 62.0 Å². The van der Waals surface area contributed by atoms with Crippen molar-refractivity contribution in [2.45, 2.75) is 13.3 Å². The average molecular weight is 382 g/mol. The zero-order valence-corrected chi connectivity index (χ0v) is 16.2. The predicted molar refractivity (Wildman–Crippen MR) is 117 cm³/mol. The molecule has 1 aromatic heterocycles. The lowest BCUT2D eigenvalue weighted by molar-refractivity contribution is 0.0954. The van der Waals surface area contributed by atoms with Gasteiger partial charge in [0.2, 0.25) is 0 Å². The molecule has 0 unspecified atom stereocenters. The maximum atomic E-state index is 12.4. The van der Waals surface area contributed by atoms with E-state index in [1.54, 1.807) is 0 Å². The Morgan fingerprint density at radius 2 is 1.62 bits per heavy atom. The van der Waals surface area contributed by atoms with E-state index in [0.29, 0.717) is 24.1 Å². The number of amides is 1. The van der Waals surface area contributed by atoms with Crippen LogP contribution >= 0.6 is 0 Å². The minimum absolute atomic E-state index is 0.107. The van der Waals surface area contributed by atoms with Gasteiger partial charge in [0.1, 0.15) is 0 Å². The lowest BCUT2D eigenvalue weighted by Gasteiger charge is -2.07. The van der Waals surface area contributed by atoms with Gasteiger partial charge in [-0.1, -0.05) is 54.6 Å². The van der Waals surface area contributed by atoms with E-state index in [0.717, 1.165) is 27.6 Å². The second-order valence-corrected chi connectivity index (χ2v) is 7.16. The molecular weight excluding hydrogens is 360 g/mol. The summed E-state index contributed by atoms with van der Waals surface area (Å²) in [7, 11) is 0. The molecule has 0 aliphatic heterocycles. The molecule has 0 saturated heterocycles. The van der Waals surface area contributed by atoms with Crippen molar-refractivity contribution in [3.63, 3.8) is 0 Å². The first-order chi connectivity index (χ1) is 14.1. The van der Waals surface area contributed by atoms with Gasteiger partial charge >= 0.3 is 0 Å². The molecule has 1 amide bonds. The normalized spacial score (nSPS) is 10.8. The fourth-order valence-corrected chi connectivity index (χ4v) is 3.40. The number of carbonyl (C=O) groups is 1. The molecule has 0 atom stereocenters. The Morgan fingerprint density at radius 1 is 0.897 bits per heavy atom. The van der Waals surface area contributed by atoms with Crippen LogP contribution in [0.15, 0.2) is 83.7 Å². The summed E-state index contributed by atoms with van der Waals surface area (Å²) in [5.74, 6) is -0.141. The first-order valence-corrected chi connectivity index (χ1v) is 9.66. The van der Waals surface area contributed by atoms with Crippen LogP contribution < -0.4 is 10.9 Å². The minimum Gasteiger partial charge on any atom is -0.352 e. The van der Waals surface area contributed by atoms with Crippen molar-refractivity contribution in [2.75, 3.05) is 6.54 Å². The van der Waals surface area contributed by atoms with Crippen molar-refractivity contribution in [2.24, 2.45) is 0 Å². The van der Waals surface area contributed by atoms with Gasteiger partial charge in [0.25, 0.3) is 11.5 Å². The molecule has 0 saturated carbocycles. The summed E-state index contributed by atoms with van der Waals surface area (Å²) in [4.78, 5) is 27.6. The average Bonchev–Trinajstić information content (AvgIpc) is 2.75. The molecule has 4 aromatic rings. The summed E-state index contributed by atoms with van der Waals surface area (Å²) in [6, 6.07) is 25.4. The first kappa shape index (κ1) is 18.7. The van der Waals surface area contributed by atoms with E-state index in [-0.39, 0.29) is 11.5 Å². The molecule has 4 heteroatoms. The van der Waals surface area contributed by atoms with Gasteiger partial charge in [-0.3, -0.25) is 9.59 Å². The quantitative estimate of drug-likeness (QED) is 0.535. The van der Waals surface area contributed by atoms with Crippen LogP contribution in [0.1, 0.15) is 21.5 Å². The third-order valence-corrected chi connectivity index (χ3v) is 5.01. The number of rotatable bonds is 5. The van der Waals surface area contributed by atoms with E-state index < -0.39 is 0 Å². The number of benzene rings is 3. The zero-order valence-electron chi connectivity index (χ0n) is 16.2. The number of hydrogen-bond donors (Lipinski definition) is 2. The molecule has 29 heavy (non-hydrogen) atoms. The third-order valence-electron chi connectivity index (χ3n) is 5.01. The van der Waals surface area contributed by atoms with Gasteiger partial charge in [-0.05, 0) is 59.7 Å². The summed E-state index contributed by atoms with van der Waals surface area (Å²) in [5.41, 5.74) is 5.29. The van der Waals surface area contributed by atoms with Crippen molar-refractivity contribution in [3.05, 3.63) is 106 Å². The molecule has 4 nitrogen and oxygen atoms in total. The highest BCUT2D eigenvalue weighted by molar-refractivity contribution is 5.94. The van der Waals surface area contributed by atoms with E-state index in [2.05, 4.69) is 10.3 Å². The molecule has 3 aromatic carbocycles. The van der Waals surface area contributed by atoms with Crippen LogP contribution in [-0.2, 0) is 6.42 Å². The van der Waals surface area contributed by atoms with Gasteiger partial charge in [0, 0.05) is 23.2 Å². The van der Waals surface area contributed by atoms with Crippen LogP contribution in [0.4, 0.5) is 0 Å². The van der Waals surface area contributed by atoms with Crippen LogP contribution in [0.25, 0.3) is 22.0 Å². The first-order valence-electron chi connectivity index (χ1n) is 9.66. The van der Waals surface area contributed by atoms with Crippen LogP contribution in [0.2, 0.25) is 0 Å². The molecule has 0 spiro atoms. The molecule has 0 aliphatic carbocycles. The van der Waals surface area contributed by atoms with Crippen LogP contribution in [0.5, 0.6) is 0 Å². The highest BCUT2D eigenvalue weighted by atomic mass is 16.1. The van der Waals surface area contributed by atoms with E-state index in [1.807, 2.05) is 85.8 Å². The molecule has 0 fully saturated rings. The summed E-state index contributed by atoms with van der Waals surface area (Å²) < 4.78 is 0. The Hall–Kier alpha value is -3.66. The number of pyridine rings is 1. The van der Waals surface area contributed by atoms with Crippen LogP contribution in [0.3, 0.4) is 0 Å². The predicted octanol–water partition coefficient (Wildman–Crippen LogP) is 4.48. The van der Waals surface area contributed by atoms with E-state index in [1.165, 1.54) is 0 Å². The largest absolute Gasteiger partial charge is 0.352 e. The van der Waals surface area contributed by atoms with E-state index >= 15 is 0 Å². The summed E-state index contributed by atoms with van der Waals surface area (Å²) in [5, 5.41) is 3.89. The second kappa shape index (κ2) is 8.15. The highest BCUT2D eigenvalue weighted by Gasteiger charge is 2.08.